The normalized spacial score (nSPS) is 10.6. The van der Waals surface area contributed by atoms with E-state index >= 15 is 0 Å². The van der Waals surface area contributed by atoms with Crippen molar-refractivity contribution in [2.45, 2.75) is 51.9 Å². The monoisotopic (exact) mass is 332 g/mol. The van der Waals surface area contributed by atoms with Gasteiger partial charge in [-0.25, -0.2) is 0 Å². The lowest BCUT2D eigenvalue weighted by Crippen LogP contribution is -1.87. The van der Waals surface area contributed by atoms with E-state index in [-0.39, 0.29) is 0 Å². The fourth-order valence-corrected chi connectivity index (χ4v) is 2.40. The molecule has 90 valence electrons. The third-order valence-electron chi connectivity index (χ3n) is 2.83. The van der Waals surface area contributed by atoms with Gasteiger partial charge in [0.1, 0.15) is 5.75 Å². The molecule has 0 saturated heterocycles. The summed E-state index contributed by atoms with van der Waals surface area (Å²) >= 11 is 2.18. The molecule has 0 aliphatic rings. The minimum Gasteiger partial charge on any atom is -0.507 e. The molecular weight excluding hydrogens is 311 g/mol. The first-order valence-corrected chi connectivity index (χ1v) is 7.29. The Bertz CT molecular complexity index is 310. The molecule has 0 unspecified atom stereocenters. The van der Waals surface area contributed by atoms with Crippen molar-refractivity contribution in [3.8, 4) is 5.75 Å². The Labute approximate surface area is 112 Å². The molecule has 0 saturated carbocycles. The molecule has 1 N–H and O–H groups in total. The largest absolute Gasteiger partial charge is 0.507 e. The highest BCUT2D eigenvalue weighted by Gasteiger charge is 1.99. The number of aryl methyl sites for hydroxylation is 1. The van der Waals surface area contributed by atoms with Crippen LogP contribution in [0.15, 0.2) is 18.2 Å². The number of aromatic hydroxyl groups is 1. The van der Waals surface area contributed by atoms with Gasteiger partial charge in [0.2, 0.25) is 0 Å². The fourth-order valence-electron chi connectivity index (χ4n) is 1.82. The van der Waals surface area contributed by atoms with Crippen LogP contribution < -0.4 is 0 Å². The summed E-state index contributed by atoms with van der Waals surface area (Å²) in [6, 6.07) is 5.92. The predicted molar refractivity (Wildman–Crippen MR) is 77.9 cm³/mol. The Hall–Kier alpha value is -0.250. The topological polar surface area (TPSA) is 20.2 Å². The van der Waals surface area contributed by atoms with Gasteiger partial charge in [-0.2, -0.15) is 0 Å². The van der Waals surface area contributed by atoms with E-state index in [0.29, 0.717) is 5.75 Å². The zero-order valence-electron chi connectivity index (χ0n) is 10.0. The summed E-state index contributed by atoms with van der Waals surface area (Å²) in [7, 11) is 0. The predicted octanol–water partition coefficient (Wildman–Crippen LogP) is 4.90. The molecule has 1 aromatic rings. The van der Waals surface area contributed by atoms with Crippen LogP contribution in [0.1, 0.15) is 51.0 Å². The first kappa shape index (κ1) is 13.8. The van der Waals surface area contributed by atoms with E-state index in [1.54, 1.807) is 6.07 Å². The molecule has 1 nitrogen and oxygen atoms in total. The SMILES string of the molecule is CCCCCCCCc1ccc(O)c(I)c1. The third-order valence-corrected chi connectivity index (χ3v) is 3.70. The van der Waals surface area contributed by atoms with Gasteiger partial charge in [0.25, 0.3) is 0 Å². The van der Waals surface area contributed by atoms with Crippen molar-refractivity contribution in [3.63, 3.8) is 0 Å². The van der Waals surface area contributed by atoms with Crippen molar-refractivity contribution >= 4 is 22.6 Å². The highest BCUT2D eigenvalue weighted by atomic mass is 127. The zero-order valence-corrected chi connectivity index (χ0v) is 12.2. The van der Waals surface area contributed by atoms with Crippen molar-refractivity contribution in [1.29, 1.82) is 0 Å². The molecule has 0 heterocycles. The maximum absolute atomic E-state index is 9.40. The van der Waals surface area contributed by atoms with E-state index in [9.17, 15) is 5.11 Å². The number of hydrogen-bond donors (Lipinski definition) is 1. The molecule has 0 bridgehead atoms. The molecule has 0 amide bonds. The summed E-state index contributed by atoms with van der Waals surface area (Å²) in [5.41, 5.74) is 1.35. The van der Waals surface area contributed by atoms with Crippen molar-refractivity contribution < 1.29 is 5.11 Å². The van der Waals surface area contributed by atoms with Crippen LogP contribution in [-0.4, -0.2) is 5.11 Å². The van der Waals surface area contributed by atoms with Gasteiger partial charge in [-0.3, -0.25) is 0 Å². The van der Waals surface area contributed by atoms with E-state index in [2.05, 4.69) is 35.6 Å². The minimum absolute atomic E-state index is 0.396. The quantitative estimate of drug-likeness (QED) is 0.556. The fraction of sp³-hybridized carbons (Fsp3) is 0.571. The number of phenolic OH excluding ortho intramolecular Hbond substituents is 1. The second-order valence-electron chi connectivity index (χ2n) is 4.30. The molecule has 0 aliphatic carbocycles. The number of halogens is 1. The zero-order chi connectivity index (χ0) is 11.8. The maximum atomic E-state index is 9.40. The first-order chi connectivity index (χ1) is 7.74. The van der Waals surface area contributed by atoms with Crippen LogP contribution in [0, 0.1) is 3.57 Å². The molecule has 0 fully saturated rings. The minimum atomic E-state index is 0.396. The Morgan fingerprint density at radius 3 is 2.44 bits per heavy atom. The molecule has 0 radical (unpaired) electrons. The highest BCUT2D eigenvalue weighted by Crippen LogP contribution is 2.21. The summed E-state index contributed by atoms with van der Waals surface area (Å²) in [5, 5.41) is 9.40. The maximum Gasteiger partial charge on any atom is 0.128 e. The lowest BCUT2D eigenvalue weighted by Gasteiger charge is -2.03. The standard InChI is InChI=1S/C14H21IO/c1-2-3-4-5-6-7-8-12-9-10-14(16)13(15)11-12/h9-11,16H,2-8H2,1H3. The number of hydrogen-bond acceptors (Lipinski definition) is 1. The van der Waals surface area contributed by atoms with E-state index < -0.39 is 0 Å². The number of phenols is 1. The van der Waals surface area contributed by atoms with Crippen molar-refractivity contribution in [2.75, 3.05) is 0 Å². The summed E-state index contributed by atoms with van der Waals surface area (Å²) in [5.74, 6) is 0.396. The Balaban J connectivity index is 2.19. The van der Waals surface area contributed by atoms with E-state index in [1.807, 2.05) is 6.07 Å². The second-order valence-corrected chi connectivity index (χ2v) is 5.47. The molecule has 0 aromatic heterocycles. The molecule has 0 aliphatic heterocycles. The van der Waals surface area contributed by atoms with Crippen molar-refractivity contribution in [2.24, 2.45) is 0 Å². The molecule has 0 atom stereocenters. The van der Waals surface area contributed by atoms with Crippen molar-refractivity contribution in [1.82, 2.24) is 0 Å². The van der Waals surface area contributed by atoms with Gasteiger partial charge >= 0.3 is 0 Å². The van der Waals surface area contributed by atoms with E-state index in [4.69, 9.17) is 0 Å². The number of unbranched alkanes of at least 4 members (excludes halogenated alkanes) is 5. The average molecular weight is 332 g/mol. The molecule has 2 heteroatoms. The van der Waals surface area contributed by atoms with Gasteiger partial charge in [-0.05, 0) is 53.1 Å². The number of benzene rings is 1. The van der Waals surface area contributed by atoms with Gasteiger partial charge in [0.15, 0.2) is 0 Å². The van der Waals surface area contributed by atoms with Gasteiger partial charge in [-0.1, -0.05) is 45.1 Å². The lowest BCUT2D eigenvalue weighted by molar-refractivity contribution is 0.471. The molecule has 0 spiro atoms. The summed E-state index contributed by atoms with van der Waals surface area (Å²) < 4.78 is 0.959. The van der Waals surface area contributed by atoms with Crippen LogP contribution in [0.5, 0.6) is 5.75 Å². The van der Waals surface area contributed by atoms with Gasteiger partial charge in [-0.15, -0.1) is 0 Å². The smallest absolute Gasteiger partial charge is 0.128 e. The van der Waals surface area contributed by atoms with Crippen LogP contribution in [0.4, 0.5) is 0 Å². The van der Waals surface area contributed by atoms with E-state index in [0.717, 1.165) is 9.99 Å². The molecule has 16 heavy (non-hydrogen) atoms. The Morgan fingerprint density at radius 1 is 1.06 bits per heavy atom. The van der Waals surface area contributed by atoms with Gasteiger partial charge < -0.3 is 5.11 Å². The summed E-state index contributed by atoms with van der Waals surface area (Å²) in [4.78, 5) is 0. The van der Waals surface area contributed by atoms with Crippen LogP contribution in [-0.2, 0) is 6.42 Å². The molecule has 1 rings (SSSR count). The third kappa shape index (κ3) is 5.19. The second kappa shape index (κ2) is 7.93. The average Bonchev–Trinajstić information content (AvgIpc) is 2.28. The van der Waals surface area contributed by atoms with Gasteiger partial charge in [0, 0.05) is 0 Å². The number of rotatable bonds is 7. The van der Waals surface area contributed by atoms with Crippen LogP contribution in [0.2, 0.25) is 0 Å². The highest BCUT2D eigenvalue weighted by molar-refractivity contribution is 14.1. The molecular formula is C14H21IO. The van der Waals surface area contributed by atoms with Crippen LogP contribution >= 0.6 is 22.6 Å². The van der Waals surface area contributed by atoms with Crippen molar-refractivity contribution in [3.05, 3.63) is 27.3 Å². The van der Waals surface area contributed by atoms with Gasteiger partial charge in [0.05, 0.1) is 3.57 Å². The Morgan fingerprint density at radius 2 is 1.75 bits per heavy atom. The lowest BCUT2D eigenvalue weighted by atomic mass is 10.1. The Kier molecular flexibility index (Phi) is 6.85. The summed E-state index contributed by atoms with van der Waals surface area (Å²) in [6.45, 7) is 2.25. The molecule has 1 aromatic carbocycles. The van der Waals surface area contributed by atoms with Crippen LogP contribution in [0.25, 0.3) is 0 Å². The van der Waals surface area contributed by atoms with Crippen LogP contribution in [0.3, 0.4) is 0 Å². The summed E-state index contributed by atoms with van der Waals surface area (Å²) in [6.07, 6.45) is 9.17. The van der Waals surface area contributed by atoms with E-state index in [1.165, 1.54) is 44.1 Å². The first-order valence-electron chi connectivity index (χ1n) is 6.21.